The molecule has 0 saturated carbocycles. The zero-order valence-corrected chi connectivity index (χ0v) is 26.2. The summed E-state index contributed by atoms with van der Waals surface area (Å²) >= 11 is 7.88. The van der Waals surface area contributed by atoms with E-state index in [1.807, 2.05) is 86.6 Å². The van der Waals surface area contributed by atoms with Crippen LogP contribution in [0, 0.1) is 13.8 Å². The Morgan fingerprint density at radius 3 is 2.43 bits per heavy atom. The summed E-state index contributed by atoms with van der Waals surface area (Å²) in [5, 5.41) is 12.6. The van der Waals surface area contributed by atoms with Gasteiger partial charge in [0.05, 0.1) is 5.57 Å². The number of para-hydroxylation sites is 1. The second-order valence-corrected chi connectivity index (χ2v) is 12.1. The average Bonchev–Trinajstić information content (AvgIpc) is 3.43. The number of hydrogen-bond donors (Lipinski definition) is 2. The maximum Gasteiger partial charge on any atom is 0.255 e. The van der Waals surface area contributed by atoms with E-state index in [1.54, 1.807) is 4.68 Å². The first kappa shape index (κ1) is 29.5. The van der Waals surface area contributed by atoms with E-state index in [2.05, 4.69) is 41.8 Å². The van der Waals surface area contributed by atoms with Crippen molar-refractivity contribution in [1.82, 2.24) is 14.8 Å². The van der Waals surface area contributed by atoms with Gasteiger partial charge in [-0.1, -0.05) is 102 Å². The van der Waals surface area contributed by atoms with Gasteiger partial charge in [0.2, 0.25) is 11.1 Å². The molecule has 0 fully saturated rings. The smallest absolute Gasteiger partial charge is 0.255 e. The van der Waals surface area contributed by atoms with Crippen molar-refractivity contribution in [2.45, 2.75) is 44.3 Å². The number of carbonyl (C=O) groups excluding carboxylic acids is 1. The number of halogens is 1. The van der Waals surface area contributed by atoms with Crippen molar-refractivity contribution in [2.75, 3.05) is 10.6 Å². The molecular formula is C35H32ClN5O2S. The van der Waals surface area contributed by atoms with E-state index in [-0.39, 0.29) is 5.91 Å². The Morgan fingerprint density at radius 1 is 0.955 bits per heavy atom. The molecule has 1 amide bonds. The Balaban J connectivity index is 1.30. The first-order chi connectivity index (χ1) is 21.4. The molecule has 4 aromatic carbocycles. The number of thioether (sulfide) groups is 1. The van der Waals surface area contributed by atoms with Gasteiger partial charge in [-0.2, -0.15) is 4.98 Å². The minimum atomic E-state index is -0.511. The minimum Gasteiger partial charge on any atom is -0.489 e. The van der Waals surface area contributed by atoms with Crippen LogP contribution in [0.5, 0.6) is 5.75 Å². The van der Waals surface area contributed by atoms with Crippen molar-refractivity contribution >= 4 is 40.9 Å². The summed E-state index contributed by atoms with van der Waals surface area (Å²) in [6.45, 7) is 6.40. The lowest BCUT2D eigenvalue weighted by Gasteiger charge is -2.29. The predicted octanol–water partition coefficient (Wildman–Crippen LogP) is 8.35. The molecule has 2 N–H and O–H groups in total. The molecule has 0 spiro atoms. The summed E-state index contributed by atoms with van der Waals surface area (Å²) in [6, 6.07) is 31.1. The molecule has 9 heteroatoms. The number of nitrogens with one attached hydrogen (secondary N) is 2. The van der Waals surface area contributed by atoms with Crippen molar-refractivity contribution in [3.63, 3.8) is 0 Å². The Labute approximate surface area is 266 Å². The van der Waals surface area contributed by atoms with E-state index >= 15 is 0 Å². The molecule has 1 unspecified atom stereocenters. The number of carbonyl (C=O) groups is 1. The van der Waals surface area contributed by atoms with Crippen LogP contribution in [0.3, 0.4) is 0 Å². The third-order valence-corrected chi connectivity index (χ3v) is 8.76. The van der Waals surface area contributed by atoms with Crippen molar-refractivity contribution in [3.8, 4) is 5.75 Å². The zero-order valence-electron chi connectivity index (χ0n) is 24.7. The van der Waals surface area contributed by atoms with Crippen LogP contribution in [-0.2, 0) is 17.2 Å². The van der Waals surface area contributed by atoms with E-state index in [4.69, 9.17) is 26.4 Å². The zero-order chi connectivity index (χ0) is 30.6. The Kier molecular flexibility index (Phi) is 8.72. The molecule has 1 aromatic heterocycles. The number of amides is 1. The highest BCUT2D eigenvalue weighted by Gasteiger charge is 2.34. The molecule has 0 aliphatic carbocycles. The maximum atomic E-state index is 13.9. The quantitative estimate of drug-likeness (QED) is 0.161. The molecule has 2 heterocycles. The highest BCUT2D eigenvalue weighted by molar-refractivity contribution is 7.98. The van der Waals surface area contributed by atoms with Crippen LogP contribution < -0.4 is 15.4 Å². The molecule has 7 nitrogen and oxygen atoms in total. The summed E-state index contributed by atoms with van der Waals surface area (Å²) in [5.74, 6) is 1.72. The Bertz CT molecular complexity index is 1830. The molecule has 6 rings (SSSR count). The van der Waals surface area contributed by atoms with Gasteiger partial charge in [-0.25, -0.2) is 4.68 Å². The van der Waals surface area contributed by atoms with Gasteiger partial charge in [0.25, 0.3) is 5.91 Å². The first-order valence-electron chi connectivity index (χ1n) is 14.3. The summed E-state index contributed by atoms with van der Waals surface area (Å²) in [4.78, 5) is 18.7. The van der Waals surface area contributed by atoms with Gasteiger partial charge in [0, 0.05) is 22.2 Å². The van der Waals surface area contributed by atoms with Crippen LogP contribution >= 0.6 is 23.4 Å². The fourth-order valence-electron chi connectivity index (χ4n) is 5.05. The highest BCUT2D eigenvalue weighted by atomic mass is 35.5. The highest BCUT2D eigenvalue weighted by Crippen LogP contribution is 2.38. The van der Waals surface area contributed by atoms with E-state index in [1.165, 1.54) is 17.3 Å². The SMILES string of the molecule is CC1=C(C(=O)Nc2ccccc2C)C(c2ccc(OCc3ccc(C)cc3)cc2)n2nc(SCc3ccccc3Cl)nc2N1. The van der Waals surface area contributed by atoms with Crippen molar-refractivity contribution in [2.24, 2.45) is 0 Å². The lowest BCUT2D eigenvalue weighted by Crippen LogP contribution is -2.31. The largest absolute Gasteiger partial charge is 0.489 e. The lowest BCUT2D eigenvalue weighted by molar-refractivity contribution is -0.113. The fourth-order valence-corrected chi connectivity index (χ4v) is 6.17. The predicted molar refractivity (Wildman–Crippen MR) is 177 cm³/mol. The van der Waals surface area contributed by atoms with Gasteiger partial charge < -0.3 is 15.4 Å². The molecule has 1 aliphatic rings. The minimum absolute atomic E-state index is 0.208. The van der Waals surface area contributed by atoms with E-state index in [9.17, 15) is 4.79 Å². The molecule has 0 saturated heterocycles. The van der Waals surface area contributed by atoms with Crippen molar-refractivity contribution in [1.29, 1.82) is 0 Å². The topological polar surface area (TPSA) is 81.1 Å². The monoisotopic (exact) mass is 621 g/mol. The van der Waals surface area contributed by atoms with Crippen LogP contribution in [0.2, 0.25) is 5.02 Å². The van der Waals surface area contributed by atoms with Crippen LogP contribution in [-0.4, -0.2) is 20.7 Å². The molecule has 5 aromatic rings. The summed E-state index contributed by atoms with van der Waals surface area (Å²) in [6.07, 6.45) is 0. The summed E-state index contributed by atoms with van der Waals surface area (Å²) in [7, 11) is 0. The van der Waals surface area contributed by atoms with Gasteiger partial charge >= 0.3 is 0 Å². The van der Waals surface area contributed by atoms with E-state index < -0.39 is 6.04 Å². The molecule has 0 bridgehead atoms. The van der Waals surface area contributed by atoms with Crippen LogP contribution in [0.15, 0.2) is 113 Å². The summed E-state index contributed by atoms with van der Waals surface area (Å²) in [5.41, 5.74) is 7.21. The van der Waals surface area contributed by atoms with Crippen LogP contribution in [0.4, 0.5) is 11.6 Å². The van der Waals surface area contributed by atoms with Gasteiger partial charge in [-0.3, -0.25) is 4.79 Å². The van der Waals surface area contributed by atoms with Gasteiger partial charge in [0.1, 0.15) is 18.4 Å². The Morgan fingerprint density at radius 2 is 1.68 bits per heavy atom. The van der Waals surface area contributed by atoms with Crippen molar-refractivity contribution < 1.29 is 9.53 Å². The number of benzene rings is 4. The number of nitrogens with zero attached hydrogens (tertiary/aromatic N) is 3. The number of allylic oxidation sites excluding steroid dienone is 1. The van der Waals surface area contributed by atoms with E-state index in [0.717, 1.165) is 33.7 Å². The molecule has 0 radical (unpaired) electrons. The Hall–Kier alpha value is -4.53. The van der Waals surface area contributed by atoms with E-state index in [0.29, 0.717) is 39.8 Å². The first-order valence-corrected chi connectivity index (χ1v) is 15.7. The molecule has 222 valence electrons. The third kappa shape index (κ3) is 6.51. The number of fused-ring (bicyclic) bond motifs is 1. The summed E-state index contributed by atoms with van der Waals surface area (Å²) < 4.78 is 7.86. The lowest BCUT2D eigenvalue weighted by atomic mass is 9.95. The van der Waals surface area contributed by atoms with Crippen LogP contribution in [0.25, 0.3) is 0 Å². The number of aromatic nitrogens is 3. The second kappa shape index (κ2) is 13.0. The standard InChI is InChI=1S/C35H32ClN5O2S/c1-22-12-14-25(15-13-22)20-43-28-18-16-26(17-19-28)32-31(33(42)38-30-11-7-4-8-23(30)2)24(3)37-34-39-35(40-41(32)34)44-21-27-9-5-6-10-29(27)36/h4-19,32H,20-21H2,1-3H3,(H,38,42)(H,37,39,40). The number of rotatable bonds is 9. The molecular weight excluding hydrogens is 590 g/mol. The van der Waals surface area contributed by atoms with Gasteiger partial charge in [-0.15, -0.1) is 5.10 Å². The van der Waals surface area contributed by atoms with Gasteiger partial charge in [-0.05, 0) is 67.3 Å². The average molecular weight is 622 g/mol. The van der Waals surface area contributed by atoms with Gasteiger partial charge in [0.15, 0.2) is 0 Å². The number of aryl methyl sites for hydroxylation is 2. The number of ether oxygens (including phenoxy) is 1. The maximum absolute atomic E-state index is 13.9. The molecule has 44 heavy (non-hydrogen) atoms. The number of anilines is 2. The fraction of sp³-hybridized carbons (Fsp3) is 0.171. The normalized spacial score (nSPS) is 14.1. The third-order valence-electron chi connectivity index (χ3n) is 7.51. The van der Waals surface area contributed by atoms with Crippen molar-refractivity contribution in [3.05, 3.63) is 141 Å². The molecule has 1 aliphatic heterocycles. The van der Waals surface area contributed by atoms with Crippen LogP contribution in [0.1, 0.15) is 40.8 Å². The number of hydrogen-bond acceptors (Lipinski definition) is 6. The molecule has 1 atom stereocenters. The second-order valence-electron chi connectivity index (χ2n) is 10.7.